The van der Waals surface area contributed by atoms with Crippen molar-refractivity contribution in [3.05, 3.63) is 63.0 Å². The Morgan fingerprint density at radius 2 is 1.76 bits per heavy atom. The molecule has 0 bridgehead atoms. The fourth-order valence-electron chi connectivity index (χ4n) is 2.23. The van der Waals surface area contributed by atoms with Gasteiger partial charge in [-0.25, -0.2) is 4.68 Å². The number of halogens is 2. The van der Waals surface area contributed by atoms with E-state index in [9.17, 15) is 0 Å². The molecule has 0 fully saturated rings. The van der Waals surface area contributed by atoms with Gasteiger partial charge in [0.2, 0.25) is 0 Å². The molecule has 0 atom stereocenters. The fraction of sp³-hybridized carbons (Fsp3) is 0.0625. The Morgan fingerprint density at radius 1 is 1.00 bits per heavy atom. The van der Waals surface area contributed by atoms with Crippen molar-refractivity contribution < 1.29 is 0 Å². The zero-order valence-electron chi connectivity index (χ0n) is 11.3. The molecular weight excluding hydrogens is 394 g/mol. The molecule has 0 unspecified atom stereocenters. The summed E-state index contributed by atoms with van der Waals surface area (Å²) in [6.07, 6.45) is 0. The number of hydrogen-bond acceptors (Lipinski definition) is 2. The van der Waals surface area contributed by atoms with Crippen LogP contribution in [0.4, 0.5) is 5.82 Å². The molecule has 0 saturated carbocycles. The Labute approximate surface area is 140 Å². The summed E-state index contributed by atoms with van der Waals surface area (Å²) < 4.78 is 3.84. The highest BCUT2D eigenvalue weighted by atomic mass is 79.9. The number of nitrogen functional groups attached to an aromatic ring is 1. The van der Waals surface area contributed by atoms with Gasteiger partial charge in [0.05, 0.1) is 11.4 Å². The average molecular weight is 407 g/mol. The molecule has 3 rings (SSSR count). The van der Waals surface area contributed by atoms with Crippen LogP contribution in [0.2, 0.25) is 0 Å². The summed E-state index contributed by atoms with van der Waals surface area (Å²) in [5, 5.41) is 4.64. The van der Waals surface area contributed by atoms with Crippen LogP contribution >= 0.6 is 31.9 Å². The lowest BCUT2D eigenvalue weighted by atomic mass is 10.2. The first kappa shape index (κ1) is 14.4. The lowest BCUT2D eigenvalue weighted by molar-refractivity contribution is 0.886. The molecule has 1 heterocycles. The van der Waals surface area contributed by atoms with E-state index in [1.54, 1.807) is 4.68 Å². The first-order chi connectivity index (χ1) is 10.0. The highest BCUT2D eigenvalue weighted by Gasteiger charge is 2.11. The van der Waals surface area contributed by atoms with Gasteiger partial charge < -0.3 is 5.73 Å². The Balaban J connectivity index is 2.10. The lowest BCUT2D eigenvalue weighted by Gasteiger charge is -2.08. The summed E-state index contributed by atoms with van der Waals surface area (Å²) in [6, 6.07) is 16.0. The van der Waals surface area contributed by atoms with Crippen LogP contribution in [0.15, 0.2) is 57.5 Å². The van der Waals surface area contributed by atoms with Gasteiger partial charge in [-0.05, 0) is 42.8 Å². The summed E-state index contributed by atoms with van der Waals surface area (Å²) in [7, 11) is 0. The van der Waals surface area contributed by atoms with Gasteiger partial charge >= 0.3 is 0 Å². The van der Waals surface area contributed by atoms with Crippen LogP contribution < -0.4 is 5.73 Å². The van der Waals surface area contributed by atoms with Crippen molar-refractivity contribution >= 4 is 37.7 Å². The normalized spacial score (nSPS) is 10.8. The van der Waals surface area contributed by atoms with Crippen molar-refractivity contribution in [2.24, 2.45) is 0 Å². The van der Waals surface area contributed by atoms with Crippen molar-refractivity contribution in [3.8, 4) is 16.9 Å². The quantitative estimate of drug-likeness (QED) is 0.653. The van der Waals surface area contributed by atoms with Gasteiger partial charge in [-0.1, -0.05) is 44.0 Å². The van der Waals surface area contributed by atoms with Crippen LogP contribution in [0.25, 0.3) is 16.9 Å². The summed E-state index contributed by atoms with van der Waals surface area (Å²) in [5.41, 5.74) is 10.1. The molecule has 3 nitrogen and oxygen atoms in total. The summed E-state index contributed by atoms with van der Waals surface area (Å²) in [4.78, 5) is 0. The van der Waals surface area contributed by atoms with E-state index >= 15 is 0 Å². The molecule has 21 heavy (non-hydrogen) atoms. The van der Waals surface area contributed by atoms with Crippen LogP contribution in [0.5, 0.6) is 0 Å². The number of aryl methyl sites for hydroxylation is 1. The zero-order chi connectivity index (χ0) is 15.0. The van der Waals surface area contributed by atoms with Crippen LogP contribution in [-0.2, 0) is 0 Å². The summed E-state index contributed by atoms with van der Waals surface area (Å²) >= 11 is 6.95. The Kier molecular flexibility index (Phi) is 3.87. The number of nitrogens with two attached hydrogens (primary N) is 1. The van der Waals surface area contributed by atoms with E-state index in [0.29, 0.717) is 5.82 Å². The smallest absolute Gasteiger partial charge is 0.127 e. The Morgan fingerprint density at radius 3 is 2.48 bits per heavy atom. The second-order valence-corrected chi connectivity index (χ2v) is 6.64. The van der Waals surface area contributed by atoms with Crippen LogP contribution in [0.1, 0.15) is 5.56 Å². The molecule has 1 aromatic heterocycles. The highest BCUT2D eigenvalue weighted by molar-refractivity contribution is 9.10. The minimum atomic E-state index is 0.621. The number of hydrogen-bond donors (Lipinski definition) is 1. The van der Waals surface area contributed by atoms with E-state index in [2.05, 4.69) is 43.0 Å². The molecule has 0 amide bonds. The maximum absolute atomic E-state index is 6.13. The standard InChI is InChI=1S/C16H13Br2N3/c1-10-7-13(18)5-6-15(10)21-16(19)9-14(20-21)11-3-2-4-12(17)8-11/h2-9H,19H2,1H3. The minimum absolute atomic E-state index is 0.621. The third-order valence-electron chi connectivity index (χ3n) is 3.24. The number of anilines is 1. The largest absolute Gasteiger partial charge is 0.384 e. The van der Waals surface area contributed by atoms with Crippen molar-refractivity contribution in [2.75, 3.05) is 5.73 Å². The van der Waals surface area contributed by atoms with Gasteiger partial charge in [-0.3, -0.25) is 0 Å². The van der Waals surface area contributed by atoms with E-state index in [-0.39, 0.29) is 0 Å². The van der Waals surface area contributed by atoms with Crippen molar-refractivity contribution in [2.45, 2.75) is 6.92 Å². The average Bonchev–Trinajstić information content (AvgIpc) is 2.81. The molecular formula is C16H13Br2N3. The van der Waals surface area contributed by atoms with Crippen molar-refractivity contribution in [1.29, 1.82) is 0 Å². The third kappa shape index (κ3) is 2.89. The highest BCUT2D eigenvalue weighted by Crippen LogP contribution is 2.27. The molecule has 3 aromatic rings. The number of aromatic nitrogens is 2. The topological polar surface area (TPSA) is 43.8 Å². The molecule has 2 N–H and O–H groups in total. The van der Waals surface area contributed by atoms with Crippen molar-refractivity contribution in [3.63, 3.8) is 0 Å². The molecule has 0 aliphatic carbocycles. The number of benzene rings is 2. The Hall–Kier alpha value is -1.59. The van der Waals surface area contributed by atoms with Gasteiger partial charge in [0.15, 0.2) is 0 Å². The molecule has 2 aromatic carbocycles. The van der Waals surface area contributed by atoms with Crippen LogP contribution in [-0.4, -0.2) is 9.78 Å². The SMILES string of the molecule is Cc1cc(Br)ccc1-n1nc(-c2cccc(Br)c2)cc1N. The first-order valence-corrected chi connectivity index (χ1v) is 8.01. The van der Waals surface area contributed by atoms with Gasteiger partial charge in [-0.2, -0.15) is 5.10 Å². The maximum atomic E-state index is 6.13. The third-order valence-corrected chi connectivity index (χ3v) is 4.23. The molecule has 0 aliphatic rings. The zero-order valence-corrected chi connectivity index (χ0v) is 14.5. The molecule has 0 saturated heterocycles. The Bertz CT molecular complexity index is 809. The second kappa shape index (κ2) is 5.66. The lowest BCUT2D eigenvalue weighted by Crippen LogP contribution is -2.03. The maximum Gasteiger partial charge on any atom is 0.127 e. The monoisotopic (exact) mass is 405 g/mol. The van der Waals surface area contributed by atoms with Gasteiger partial charge in [0.25, 0.3) is 0 Å². The predicted octanol–water partition coefficient (Wildman–Crippen LogP) is 4.95. The van der Waals surface area contributed by atoms with E-state index in [4.69, 9.17) is 5.73 Å². The van der Waals surface area contributed by atoms with Gasteiger partial charge in [0, 0.05) is 20.6 Å². The van der Waals surface area contributed by atoms with Crippen LogP contribution in [0.3, 0.4) is 0 Å². The van der Waals surface area contributed by atoms with Gasteiger partial charge in [-0.15, -0.1) is 0 Å². The van der Waals surface area contributed by atoms with E-state index in [1.165, 1.54) is 0 Å². The molecule has 0 spiro atoms. The molecule has 0 aliphatic heterocycles. The van der Waals surface area contributed by atoms with E-state index in [0.717, 1.165) is 31.5 Å². The summed E-state index contributed by atoms with van der Waals surface area (Å²) in [5.74, 6) is 0.621. The molecule has 5 heteroatoms. The van der Waals surface area contributed by atoms with E-state index in [1.807, 2.05) is 49.4 Å². The van der Waals surface area contributed by atoms with Crippen LogP contribution in [0, 0.1) is 6.92 Å². The van der Waals surface area contributed by atoms with Gasteiger partial charge in [0.1, 0.15) is 5.82 Å². The fourth-order valence-corrected chi connectivity index (χ4v) is 3.11. The molecule has 0 radical (unpaired) electrons. The van der Waals surface area contributed by atoms with Crippen molar-refractivity contribution in [1.82, 2.24) is 9.78 Å². The molecule has 106 valence electrons. The number of nitrogens with zero attached hydrogens (tertiary/aromatic N) is 2. The minimum Gasteiger partial charge on any atom is -0.384 e. The predicted molar refractivity (Wildman–Crippen MR) is 93.5 cm³/mol. The summed E-state index contributed by atoms with van der Waals surface area (Å²) in [6.45, 7) is 2.04. The second-order valence-electron chi connectivity index (χ2n) is 4.81. The number of rotatable bonds is 2. The van der Waals surface area contributed by atoms with E-state index < -0.39 is 0 Å². The first-order valence-electron chi connectivity index (χ1n) is 6.42.